The Hall–Kier alpha value is -1.18. The molecule has 0 aliphatic heterocycles. The fraction of sp³-hybridized carbons (Fsp3) is 0.333. The fourth-order valence-electron chi connectivity index (χ4n) is 1.68. The number of hydrogen-bond acceptors (Lipinski definition) is 6. The predicted octanol–water partition coefficient (Wildman–Crippen LogP) is 3.89. The van der Waals surface area contributed by atoms with Gasteiger partial charge in [-0.25, -0.2) is 4.98 Å². The van der Waals surface area contributed by atoms with Crippen LogP contribution in [0.4, 0.5) is 0 Å². The number of tetrazole rings is 1. The van der Waals surface area contributed by atoms with E-state index in [1.54, 1.807) is 16.1 Å². The number of rotatable bonds is 5. The summed E-state index contributed by atoms with van der Waals surface area (Å²) in [6.45, 7) is 2.94. The van der Waals surface area contributed by atoms with Crippen molar-refractivity contribution in [3.8, 4) is 0 Å². The Kier molecular flexibility index (Phi) is 4.18. The van der Waals surface area contributed by atoms with Crippen molar-refractivity contribution < 1.29 is 0 Å². The Bertz CT molecular complexity index is 724. The van der Waals surface area contributed by atoms with Crippen LogP contribution in [-0.4, -0.2) is 25.2 Å². The van der Waals surface area contributed by atoms with Gasteiger partial charge < -0.3 is 0 Å². The fourth-order valence-corrected chi connectivity index (χ4v) is 3.84. The molecule has 2 heterocycles. The standard InChI is InChI=1S/C12H12ClN5S2/c1-2-3-7-18-16-11(15-17-18)20-12-14-10-8(13)5-4-6-9(10)19-12/h4-6H,2-3,7H2,1H3. The minimum Gasteiger partial charge on any atom is -0.228 e. The van der Waals surface area contributed by atoms with E-state index in [1.165, 1.54) is 11.8 Å². The number of aromatic nitrogens is 5. The molecule has 3 rings (SSSR count). The molecular formula is C12H12ClN5S2. The van der Waals surface area contributed by atoms with Gasteiger partial charge in [0.15, 0.2) is 4.34 Å². The van der Waals surface area contributed by atoms with Crippen molar-refractivity contribution in [1.29, 1.82) is 0 Å². The van der Waals surface area contributed by atoms with Crippen molar-refractivity contribution >= 4 is 44.9 Å². The maximum Gasteiger partial charge on any atom is 0.238 e. The van der Waals surface area contributed by atoms with Gasteiger partial charge in [-0.2, -0.15) is 4.80 Å². The molecule has 2 aromatic heterocycles. The molecule has 0 fully saturated rings. The second kappa shape index (κ2) is 6.07. The monoisotopic (exact) mass is 325 g/mol. The van der Waals surface area contributed by atoms with Crippen LogP contribution in [0.5, 0.6) is 0 Å². The molecule has 0 N–H and O–H groups in total. The molecule has 5 nitrogen and oxygen atoms in total. The number of nitrogens with zero attached hydrogens (tertiary/aromatic N) is 5. The van der Waals surface area contributed by atoms with Crippen molar-refractivity contribution in [2.45, 2.75) is 35.8 Å². The number of halogens is 1. The van der Waals surface area contributed by atoms with Gasteiger partial charge in [-0.05, 0) is 35.5 Å². The van der Waals surface area contributed by atoms with Crippen molar-refractivity contribution in [3.63, 3.8) is 0 Å². The summed E-state index contributed by atoms with van der Waals surface area (Å²) in [6, 6.07) is 5.78. The number of thiazole rings is 1. The van der Waals surface area contributed by atoms with Crippen LogP contribution in [0, 0.1) is 0 Å². The zero-order chi connectivity index (χ0) is 13.9. The smallest absolute Gasteiger partial charge is 0.228 e. The zero-order valence-electron chi connectivity index (χ0n) is 10.8. The summed E-state index contributed by atoms with van der Waals surface area (Å²) in [5, 5.41) is 13.7. The van der Waals surface area contributed by atoms with Crippen LogP contribution in [0.25, 0.3) is 10.2 Å². The first kappa shape index (κ1) is 13.8. The Morgan fingerprint density at radius 1 is 1.40 bits per heavy atom. The molecule has 3 aromatic rings. The van der Waals surface area contributed by atoms with E-state index in [1.807, 2.05) is 18.2 Å². The maximum atomic E-state index is 6.12. The molecule has 0 atom stereocenters. The number of para-hydroxylation sites is 1. The molecule has 0 saturated carbocycles. The molecule has 0 spiro atoms. The highest BCUT2D eigenvalue weighted by Crippen LogP contribution is 2.35. The van der Waals surface area contributed by atoms with Gasteiger partial charge in [-0.1, -0.05) is 31.0 Å². The molecular weight excluding hydrogens is 314 g/mol. The SMILES string of the molecule is CCCCn1nnc(Sc2nc3c(Cl)cccc3s2)n1. The number of unbranched alkanes of at least 4 members (excludes halogenated alkanes) is 1. The van der Waals surface area contributed by atoms with E-state index in [2.05, 4.69) is 27.3 Å². The molecule has 0 aliphatic carbocycles. The quantitative estimate of drug-likeness (QED) is 0.712. The molecule has 1 aromatic carbocycles. The van der Waals surface area contributed by atoms with E-state index in [-0.39, 0.29) is 0 Å². The van der Waals surface area contributed by atoms with E-state index in [0.29, 0.717) is 10.2 Å². The molecule has 0 unspecified atom stereocenters. The Morgan fingerprint density at radius 2 is 2.30 bits per heavy atom. The third kappa shape index (κ3) is 2.94. The summed E-state index contributed by atoms with van der Waals surface area (Å²) in [5.74, 6) is 0. The summed E-state index contributed by atoms with van der Waals surface area (Å²) in [4.78, 5) is 6.14. The largest absolute Gasteiger partial charge is 0.238 e. The van der Waals surface area contributed by atoms with E-state index in [9.17, 15) is 0 Å². The lowest BCUT2D eigenvalue weighted by molar-refractivity contribution is 0.493. The first-order valence-corrected chi connectivity index (χ1v) is 8.28. The molecule has 20 heavy (non-hydrogen) atoms. The highest BCUT2D eigenvalue weighted by atomic mass is 35.5. The Labute approximate surface area is 129 Å². The normalized spacial score (nSPS) is 11.3. The van der Waals surface area contributed by atoms with E-state index >= 15 is 0 Å². The van der Waals surface area contributed by atoms with E-state index < -0.39 is 0 Å². The summed E-state index contributed by atoms with van der Waals surface area (Å²) >= 11 is 9.13. The number of benzene rings is 1. The number of aryl methyl sites for hydroxylation is 1. The van der Waals surface area contributed by atoms with Crippen molar-refractivity contribution in [1.82, 2.24) is 25.2 Å². The maximum absolute atomic E-state index is 6.12. The van der Waals surface area contributed by atoms with E-state index in [4.69, 9.17) is 11.6 Å². The Morgan fingerprint density at radius 3 is 3.10 bits per heavy atom. The van der Waals surface area contributed by atoms with Gasteiger partial charge in [0.1, 0.15) is 5.52 Å². The van der Waals surface area contributed by atoms with Gasteiger partial charge in [0, 0.05) is 0 Å². The predicted molar refractivity (Wildman–Crippen MR) is 81.5 cm³/mol. The molecule has 104 valence electrons. The van der Waals surface area contributed by atoms with Gasteiger partial charge >= 0.3 is 0 Å². The zero-order valence-corrected chi connectivity index (χ0v) is 13.2. The topological polar surface area (TPSA) is 56.5 Å². The average Bonchev–Trinajstić information content (AvgIpc) is 3.04. The van der Waals surface area contributed by atoms with Crippen LogP contribution in [0.3, 0.4) is 0 Å². The van der Waals surface area contributed by atoms with Gasteiger partial charge in [0.25, 0.3) is 0 Å². The first-order chi connectivity index (χ1) is 9.76. The first-order valence-electron chi connectivity index (χ1n) is 6.27. The Balaban J connectivity index is 1.79. The second-order valence-electron chi connectivity index (χ2n) is 4.19. The van der Waals surface area contributed by atoms with Crippen LogP contribution in [-0.2, 0) is 6.54 Å². The lowest BCUT2D eigenvalue weighted by Gasteiger charge is -1.93. The highest BCUT2D eigenvalue weighted by molar-refractivity contribution is 8.01. The number of fused-ring (bicyclic) bond motifs is 1. The summed E-state index contributed by atoms with van der Waals surface area (Å²) in [7, 11) is 0. The van der Waals surface area contributed by atoms with Crippen molar-refractivity contribution in [3.05, 3.63) is 23.2 Å². The molecule has 8 heteroatoms. The van der Waals surface area contributed by atoms with Crippen molar-refractivity contribution in [2.75, 3.05) is 0 Å². The van der Waals surface area contributed by atoms with Gasteiger partial charge in [0.05, 0.1) is 16.3 Å². The summed E-state index contributed by atoms with van der Waals surface area (Å²) in [5.41, 5.74) is 0.833. The molecule has 0 saturated heterocycles. The molecule has 0 bridgehead atoms. The van der Waals surface area contributed by atoms with Gasteiger partial charge in [-0.3, -0.25) is 0 Å². The van der Waals surface area contributed by atoms with Gasteiger partial charge in [-0.15, -0.1) is 21.5 Å². The molecule has 0 radical (unpaired) electrons. The summed E-state index contributed by atoms with van der Waals surface area (Å²) in [6.07, 6.45) is 2.16. The summed E-state index contributed by atoms with van der Waals surface area (Å²) < 4.78 is 1.95. The molecule has 0 amide bonds. The third-order valence-electron chi connectivity index (χ3n) is 2.67. The lowest BCUT2D eigenvalue weighted by atomic mass is 10.3. The number of hydrogen-bond donors (Lipinski definition) is 0. The van der Waals surface area contributed by atoms with Crippen LogP contribution in [0.2, 0.25) is 5.02 Å². The van der Waals surface area contributed by atoms with Gasteiger partial charge in [0.2, 0.25) is 5.16 Å². The van der Waals surface area contributed by atoms with Crippen LogP contribution in [0.15, 0.2) is 27.7 Å². The molecule has 0 aliphatic rings. The third-order valence-corrected chi connectivity index (χ3v) is 4.91. The van der Waals surface area contributed by atoms with Crippen molar-refractivity contribution in [2.24, 2.45) is 0 Å². The minimum atomic E-state index is 0.622. The van der Waals surface area contributed by atoms with Crippen LogP contribution < -0.4 is 0 Å². The second-order valence-corrected chi connectivity index (χ2v) is 6.84. The lowest BCUT2D eigenvalue weighted by Crippen LogP contribution is -2.01. The average molecular weight is 326 g/mol. The van der Waals surface area contributed by atoms with Crippen LogP contribution >= 0.6 is 34.7 Å². The minimum absolute atomic E-state index is 0.622. The highest BCUT2D eigenvalue weighted by Gasteiger charge is 2.11. The van der Waals surface area contributed by atoms with Crippen LogP contribution in [0.1, 0.15) is 19.8 Å². The van der Waals surface area contributed by atoms with E-state index in [0.717, 1.165) is 33.9 Å².